The molecule has 1 aliphatic heterocycles. The second kappa shape index (κ2) is 3.49. The Labute approximate surface area is 86.4 Å². The van der Waals surface area contributed by atoms with Crippen LogP contribution >= 0.6 is 0 Å². The summed E-state index contributed by atoms with van der Waals surface area (Å²) in [5, 5.41) is 3.44. The van der Waals surface area contributed by atoms with Crippen molar-refractivity contribution in [2.75, 3.05) is 19.7 Å². The summed E-state index contributed by atoms with van der Waals surface area (Å²) in [5.74, 6) is 0.930. The van der Waals surface area contributed by atoms with E-state index in [1.807, 2.05) is 0 Å². The van der Waals surface area contributed by atoms with Gasteiger partial charge in [0.15, 0.2) is 0 Å². The van der Waals surface area contributed by atoms with E-state index in [0.717, 1.165) is 12.5 Å². The van der Waals surface area contributed by atoms with E-state index in [1.165, 1.54) is 51.6 Å². The van der Waals surface area contributed by atoms with Gasteiger partial charge in [-0.15, -0.1) is 0 Å². The summed E-state index contributed by atoms with van der Waals surface area (Å²) >= 11 is 0. The molecule has 0 atom stereocenters. The number of ether oxygens (including phenoxy) is 1. The van der Waals surface area contributed by atoms with E-state index in [1.54, 1.807) is 0 Å². The zero-order valence-electron chi connectivity index (χ0n) is 8.93. The van der Waals surface area contributed by atoms with Crippen LogP contribution in [0.2, 0.25) is 0 Å². The summed E-state index contributed by atoms with van der Waals surface area (Å²) in [6.07, 6.45) is 8.92. The van der Waals surface area contributed by atoms with Gasteiger partial charge in [0.05, 0.1) is 6.10 Å². The van der Waals surface area contributed by atoms with Crippen molar-refractivity contribution in [2.45, 2.75) is 44.6 Å². The summed E-state index contributed by atoms with van der Waals surface area (Å²) in [4.78, 5) is 0. The monoisotopic (exact) mass is 195 g/mol. The van der Waals surface area contributed by atoms with E-state index in [9.17, 15) is 0 Å². The van der Waals surface area contributed by atoms with Crippen molar-refractivity contribution < 1.29 is 4.74 Å². The van der Waals surface area contributed by atoms with Crippen molar-refractivity contribution in [3.63, 3.8) is 0 Å². The third-order valence-electron chi connectivity index (χ3n) is 4.25. The average molecular weight is 195 g/mol. The Balaban J connectivity index is 1.40. The molecule has 2 aliphatic carbocycles. The number of hydrogen-bond donors (Lipinski definition) is 1. The molecule has 2 heteroatoms. The van der Waals surface area contributed by atoms with Gasteiger partial charge >= 0.3 is 0 Å². The molecule has 0 aromatic rings. The minimum atomic E-state index is 0.619. The third-order valence-corrected chi connectivity index (χ3v) is 4.25. The highest BCUT2D eigenvalue weighted by Gasteiger charge is 2.45. The number of piperidine rings is 1. The third kappa shape index (κ3) is 1.82. The van der Waals surface area contributed by atoms with E-state index in [-0.39, 0.29) is 0 Å². The fourth-order valence-electron chi connectivity index (χ4n) is 2.95. The van der Waals surface area contributed by atoms with E-state index in [0.29, 0.717) is 11.5 Å². The van der Waals surface area contributed by atoms with Crippen LogP contribution in [0.1, 0.15) is 38.5 Å². The van der Waals surface area contributed by atoms with Gasteiger partial charge in [0.25, 0.3) is 0 Å². The Bertz CT molecular complexity index is 198. The first-order chi connectivity index (χ1) is 6.86. The molecule has 0 unspecified atom stereocenters. The van der Waals surface area contributed by atoms with Gasteiger partial charge in [0.1, 0.15) is 0 Å². The van der Waals surface area contributed by atoms with Crippen molar-refractivity contribution in [3.8, 4) is 0 Å². The van der Waals surface area contributed by atoms with Gasteiger partial charge in [-0.1, -0.05) is 0 Å². The Morgan fingerprint density at radius 3 is 2.50 bits per heavy atom. The van der Waals surface area contributed by atoms with E-state index < -0.39 is 0 Å². The molecular formula is C12H21NO. The van der Waals surface area contributed by atoms with Crippen LogP contribution in [0.15, 0.2) is 0 Å². The number of nitrogens with one attached hydrogen (secondary N) is 1. The van der Waals surface area contributed by atoms with Gasteiger partial charge in [0, 0.05) is 6.61 Å². The van der Waals surface area contributed by atoms with Crippen LogP contribution in [0.4, 0.5) is 0 Å². The first-order valence-electron chi connectivity index (χ1n) is 6.19. The molecule has 0 bridgehead atoms. The number of rotatable bonds is 3. The van der Waals surface area contributed by atoms with Crippen LogP contribution in [0, 0.1) is 11.3 Å². The average Bonchev–Trinajstić information content (AvgIpc) is 2.96. The number of hydrogen-bond acceptors (Lipinski definition) is 2. The topological polar surface area (TPSA) is 21.3 Å². The van der Waals surface area contributed by atoms with Gasteiger partial charge in [-0.05, 0) is 62.9 Å². The second-order valence-electron chi connectivity index (χ2n) is 5.56. The maximum absolute atomic E-state index is 5.91. The molecule has 2 nitrogen and oxygen atoms in total. The van der Waals surface area contributed by atoms with Crippen LogP contribution in [0.5, 0.6) is 0 Å². The first-order valence-corrected chi connectivity index (χ1v) is 6.19. The molecule has 1 heterocycles. The maximum Gasteiger partial charge on any atom is 0.0585 e. The minimum absolute atomic E-state index is 0.619. The van der Waals surface area contributed by atoms with Gasteiger partial charge in [-0.2, -0.15) is 0 Å². The molecule has 1 N–H and O–H groups in total. The molecule has 1 saturated heterocycles. The lowest BCUT2D eigenvalue weighted by Crippen LogP contribution is -2.48. The summed E-state index contributed by atoms with van der Waals surface area (Å²) < 4.78 is 5.91. The van der Waals surface area contributed by atoms with Crippen LogP contribution < -0.4 is 5.32 Å². The zero-order chi connectivity index (χ0) is 9.43. The smallest absolute Gasteiger partial charge is 0.0585 e. The van der Waals surface area contributed by atoms with Crippen LogP contribution in [0.25, 0.3) is 0 Å². The largest absolute Gasteiger partial charge is 0.378 e. The van der Waals surface area contributed by atoms with E-state index in [4.69, 9.17) is 4.74 Å². The predicted molar refractivity (Wildman–Crippen MR) is 56.2 cm³/mol. The Hall–Kier alpha value is -0.0800. The van der Waals surface area contributed by atoms with Crippen molar-refractivity contribution in [3.05, 3.63) is 0 Å². The molecule has 0 aromatic heterocycles. The van der Waals surface area contributed by atoms with Crippen LogP contribution in [0.3, 0.4) is 0 Å². The van der Waals surface area contributed by atoms with Crippen molar-refractivity contribution in [2.24, 2.45) is 11.3 Å². The molecule has 0 amide bonds. The molecule has 1 spiro atoms. The fraction of sp³-hybridized carbons (Fsp3) is 1.00. The molecule has 2 saturated carbocycles. The Morgan fingerprint density at radius 1 is 1.14 bits per heavy atom. The first kappa shape index (κ1) is 9.17. The Morgan fingerprint density at radius 2 is 1.86 bits per heavy atom. The molecule has 3 rings (SSSR count). The lowest BCUT2D eigenvalue weighted by Gasteiger charge is -2.50. The summed E-state index contributed by atoms with van der Waals surface area (Å²) in [5.41, 5.74) is 0.694. The zero-order valence-corrected chi connectivity index (χ0v) is 8.93. The molecule has 3 aliphatic rings. The van der Waals surface area contributed by atoms with Gasteiger partial charge in [-0.3, -0.25) is 0 Å². The lowest BCUT2D eigenvalue weighted by molar-refractivity contribution is -0.0957. The Kier molecular flexibility index (Phi) is 2.29. The summed E-state index contributed by atoms with van der Waals surface area (Å²) in [6, 6.07) is 0. The molecule has 80 valence electrons. The summed E-state index contributed by atoms with van der Waals surface area (Å²) in [7, 11) is 0. The predicted octanol–water partition coefficient (Wildman–Crippen LogP) is 1.95. The van der Waals surface area contributed by atoms with Crippen molar-refractivity contribution in [1.82, 2.24) is 5.32 Å². The fourth-order valence-corrected chi connectivity index (χ4v) is 2.95. The van der Waals surface area contributed by atoms with Gasteiger partial charge in [-0.25, -0.2) is 0 Å². The molecule has 0 radical (unpaired) electrons. The standard InChI is InChI=1S/C12H21NO/c1-2-10(1)9-14-11-7-12(8-11)3-5-13-6-4-12/h10-11,13H,1-9H2. The van der Waals surface area contributed by atoms with Crippen molar-refractivity contribution in [1.29, 1.82) is 0 Å². The SMILES string of the molecule is C1CC2(CCN1)CC(OCC1CC1)C2. The van der Waals surface area contributed by atoms with Crippen LogP contribution in [-0.2, 0) is 4.74 Å². The summed E-state index contributed by atoms with van der Waals surface area (Å²) in [6.45, 7) is 3.52. The normalized spacial score (nSPS) is 31.7. The molecular weight excluding hydrogens is 174 g/mol. The molecule has 14 heavy (non-hydrogen) atoms. The lowest BCUT2D eigenvalue weighted by atomic mass is 9.62. The van der Waals surface area contributed by atoms with Crippen molar-refractivity contribution >= 4 is 0 Å². The molecule has 3 fully saturated rings. The quantitative estimate of drug-likeness (QED) is 0.743. The minimum Gasteiger partial charge on any atom is -0.378 e. The van der Waals surface area contributed by atoms with E-state index in [2.05, 4.69) is 5.32 Å². The highest BCUT2D eigenvalue weighted by molar-refractivity contribution is 4.97. The van der Waals surface area contributed by atoms with E-state index >= 15 is 0 Å². The highest BCUT2D eigenvalue weighted by Crippen LogP contribution is 2.49. The second-order valence-corrected chi connectivity index (χ2v) is 5.56. The van der Waals surface area contributed by atoms with Crippen LogP contribution in [-0.4, -0.2) is 25.8 Å². The molecule has 0 aromatic carbocycles. The highest BCUT2D eigenvalue weighted by atomic mass is 16.5. The van der Waals surface area contributed by atoms with Gasteiger partial charge in [0.2, 0.25) is 0 Å². The van der Waals surface area contributed by atoms with Gasteiger partial charge < -0.3 is 10.1 Å². The maximum atomic E-state index is 5.91.